The van der Waals surface area contributed by atoms with Crippen molar-refractivity contribution in [1.82, 2.24) is 25.2 Å². The summed E-state index contributed by atoms with van der Waals surface area (Å²) < 4.78 is 32.4. The van der Waals surface area contributed by atoms with E-state index in [1.807, 2.05) is 35.3 Å². The fraction of sp³-hybridized carbons (Fsp3) is 0.500. The smallest absolute Gasteiger partial charge is 0.475 e. The summed E-state index contributed by atoms with van der Waals surface area (Å²) >= 11 is 3.50. The number of likely N-dealkylation sites (N-methyl/N-ethyl adjacent to an activating group) is 1. The largest absolute Gasteiger partial charge is 0.490 e. The zero-order valence-electron chi connectivity index (χ0n) is 22.2. The summed E-state index contributed by atoms with van der Waals surface area (Å²) in [5, 5.41) is 18.2. The van der Waals surface area contributed by atoms with Crippen LogP contribution in [0.15, 0.2) is 34.9 Å². The molecular formula is C26H31BrF3N7O3. The van der Waals surface area contributed by atoms with Gasteiger partial charge in [0.25, 0.3) is 5.91 Å². The maximum absolute atomic E-state index is 13.2. The summed E-state index contributed by atoms with van der Waals surface area (Å²) in [6.45, 7) is 7.37. The van der Waals surface area contributed by atoms with Crippen LogP contribution in [-0.2, 0) is 11.3 Å². The Labute approximate surface area is 238 Å². The number of hydrogen-bond donors (Lipinski definition) is 2. The zero-order valence-corrected chi connectivity index (χ0v) is 23.7. The Morgan fingerprint density at radius 1 is 1.20 bits per heavy atom. The molecule has 2 aromatic rings. The number of amides is 1. The van der Waals surface area contributed by atoms with Crippen molar-refractivity contribution in [2.75, 3.05) is 38.2 Å². The van der Waals surface area contributed by atoms with Gasteiger partial charge in [0.2, 0.25) is 5.82 Å². The third kappa shape index (κ3) is 8.61. The fourth-order valence-electron chi connectivity index (χ4n) is 4.58. The predicted molar refractivity (Wildman–Crippen MR) is 144 cm³/mol. The van der Waals surface area contributed by atoms with E-state index in [1.165, 1.54) is 5.56 Å². The van der Waals surface area contributed by atoms with E-state index in [0.717, 1.165) is 52.0 Å². The molecule has 0 bridgehead atoms. The van der Waals surface area contributed by atoms with Gasteiger partial charge in [-0.25, -0.2) is 9.78 Å². The van der Waals surface area contributed by atoms with Gasteiger partial charge in [0.1, 0.15) is 6.07 Å². The molecule has 1 saturated carbocycles. The molecule has 1 saturated heterocycles. The first-order chi connectivity index (χ1) is 18.9. The zero-order chi connectivity index (χ0) is 29.4. The molecule has 2 heterocycles. The van der Waals surface area contributed by atoms with Crippen molar-refractivity contribution < 1.29 is 27.9 Å². The van der Waals surface area contributed by atoms with E-state index in [1.54, 1.807) is 6.20 Å². The highest BCUT2D eigenvalue weighted by atomic mass is 79.9. The topological polar surface area (TPSA) is 126 Å². The molecule has 40 heavy (non-hydrogen) atoms. The summed E-state index contributed by atoms with van der Waals surface area (Å²) in [7, 11) is 2.15. The Morgan fingerprint density at radius 2 is 1.82 bits per heavy atom. The van der Waals surface area contributed by atoms with Crippen LogP contribution < -0.4 is 10.4 Å². The Balaban J connectivity index is 0.000000559. The molecule has 1 aromatic heterocycles. The molecule has 10 nitrogen and oxygen atoms in total. The first-order valence-corrected chi connectivity index (χ1v) is 13.5. The average molecular weight is 626 g/mol. The summed E-state index contributed by atoms with van der Waals surface area (Å²) in [4.78, 5) is 35.3. The lowest BCUT2D eigenvalue weighted by molar-refractivity contribution is -0.192. The molecule has 14 heteroatoms. The van der Waals surface area contributed by atoms with Crippen molar-refractivity contribution in [1.29, 1.82) is 5.26 Å². The molecule has 1 aliphatic heterocycles. The van der Waals surface area contributed by atoms with Crippen LogP contribution in [0, 0.1) is 17.2 Å². The number of carboxylic acid groups (broad SMARTS) is 1. The molecule has 0 unspecified atom stereocenters. The van der Waals surface area contributed by atoms with E-state index in [0.29, 0.717) is 21.8 Å². The average Bonchev–Trinajstić information content (AvgIpc) is 3.34. The van der Waals surface area contributed by atoms with Crippen molar-refractivity contribution >= 4 is 33.6 Å². The molecule has 216 valence electrons. The van der Waals surface area contributed by atoms with Crippen molar-refractivity contribution in [3.05, 3.63) is 51.9 Å². The number of anilines is 1. The Morgan fingerprint density at radius 3 is 2.35 bits per heavy atom. The molecule has 4 rings (SSSR count). The summed E-state index contributed by atoms with van der Waals surface area (Å²) in [6.07, 6.45) is -0.393. The number of aliphatic carboxylic acids is 1. The first kappa shape index (κ1) is 31.3. The van der Waals surface area contributed by atoms with E-state index in [9.17, 15) is 23.2 Å². The second-order valence-corrected chi connectivity index (χ2v) is 10.7. The van der Waals surface area contributed by atoms with Gasteiger partial charge in [0.15, 0.2) is 5.82 Å². The van der Waals surface area contributed by atoms with Crippen molar-refractivity contribution in [3.63, 3.8) is 0 Å². The molecule has 0 spiro atoms. The lowest BCUT2D eigenvalue weighted by Gasteiger charge is -2.33. The van der Waals surface area contributed by atoms with Gasteiger partial charge in [0.05, 0.1) is 10.5 Å². The Kier molecular flexibility index (Phi) is 10.8. The van der Waals surface area contributed by atoms with E-state index in [2.05, 4.69) is 55.1 Å². The highest BCUT2D eigenvalue weighted by Gasteiger charge is 2.38. The first-order valence-electron chi connectivity index (χ1n) is 12.7. The van der Waals surface area contributed by atoms with E-state index >= 15 is 0 Å². The van der Waals surface area contributed by atoms with Gasteiger partial charge >= 0.3 is 12.1 Å². The van der Waals surface area contributed by atoms with Gasteiger partial charge < -0.3 is 10.0 Å². The summed E-state index contributed by atoms with van der Waals surface area (Å²) in [5.41, 5.74) is 4.87. The monoisotopic (exact) mass is 625 g/mol. The third-order valence-corrected chi connectivity index (χ3v) is 7.44. The van der Waals surface area contributed by atoms with Crippen LogP contribution in [0.5, 0.6) is 0 Å². The quantitative estimate of drug-likeness (QED) is 0.461. The number of nitrogens with one attached hydrogen (secondary N) is 1. The van der Waals surface area contributed by atoms with Gasteiger partial charge in [-0.05, 0) is 59.4 Å². The third-order valence-electron chi connectivity index (χ3n) is 6.88. The van der Waals surface area contributed by atoms with Crippen LogP contribution in [0.25, 0.3) is 0 Å². The molecule has 2 atom stereocenters. The fourth-order valence-corrected chi connectivity index (χ4v) is 4.97. The highest BCUT2D eigenvalue weighted by molar-refractivity contribution is 9.10. The van der Waals surface area contributed by atoms with Crippen molar-refractivity contribution in [2.45, 2.75) is 44.9 Å². The molecule has 1 aliphatic carbocycles. The molecule has 1 amide bonds. The van der Waals surface area contributed by atoms with Crippen LogP contribution in [0.1, 0.15) is 47.9 Å². The number of hydrazine groups is 1. The van der Waals surface area contributed by atoms with Crippen LogP contribution >= 0.6 is 15.9 Å². The van der Waals surface area contributed by atoms with Crippen LogP contribution in [0.3, 0.4) is 0 Å². The number of alkyl halides is 3. The second kappa shape index (κ2) is 13.9. The van der Waals surface area contributed by atoms with Crippen molar-refractivity contribution in [3.8, 4) is 6.07 Å². The number of halogens is 4. The number of nitriles is 1. The SMILES string of the molecule is C[C@@H]1CCC[C@H]1N(NC(=O)c1ccc(CN2CCN(C)CC2)cc1)c1nc(C#N)ncc1Br.O=C(O)C(F)(F)F. The molecule has 2 aliphatic rings. The van der Waals surface area contributed by atoms with Crippen molar-refractivity contribution in [2.24, 2.45) is 5.92 Å². The number of aromatic nitrogens is 2. The molecular weight excluding hydrogens is 595 g/mol. The van der Waals surface area contributed by atoms with E-state index < -0.39 is 12.1 Å². The number of piperazine rings is 1. The molecule has 1 aromatic carbocycles. The summed E-state index contributed by atoms with van der Waals surface area (Å²) in [5.74, 6) is -1.97. The molecule has 2 N–H and O–H groups in total. The Hall–Kier alpha value is -3.28. The lowest BCUT2D eigenvalue weighted by Crippen LogP contribution is -2.50. The Bertz CT molecular complexity index is 1220. The number of benzene rings is 1. The van der Waals surface area contributed by atoms with Gasteiger partial charge in [-0.15, -0.1) is 0 Å². The minimum atomic E-state index is -5.08. The summed E-state index contributed by atoms with van der Waals surface area (Å²) in [6, 6.07) is 9.92. The molecule has 0 radical (unpaired) electrons. The maximum Gasteiger partial charge on any atom is 0.490 e. The predicted octanol–water partition coefficient (Wildman–Crippen LogP) is 3.83. The minimum Gasteiger partial charge on any atom is -0.475 e. The van der Waals surface area contributed by atoms with Gasteiger partial charge in [-0.1, -0.05) is 25.5 Å². The standard InChI is InChI=1S/C24H30BrN7O.C2HF3O2/c1-17-4-3-5-21(17)32(23-20(25)15-27-22(14-26)28-23)29-24(33)19-8-6-18(7-9-19)16-31-12-10-30(2)11-13-31;3-2(4,5)1(6)7/h6-9,15,17,21H,3-5,10-13,16H2,1-2H3,(H,29,33);(H,6,7)/t17-,21-;/m1./s1. The van der Waals surface area contributed by atoms with Gasteiger partial charge in [-0.2, -0.15) is 23.4 Å². The van der Waals surface area contributed by atoms with E-state index in [-0.39, 0.29) is 17.8 Å². The number of nitrogens with zero attached hydrogens (tertiary/aromatic N) is 6. The second-order valence-electron chi connectivity index (χ2n) is 9.84. The maximum atomic E-state index is 13.2. The number of carbonyl (C=O) groups excluding carboxylic acids is 1. The normalized spacial score (nSPS) is 19.7. The van der Waals surface area contributed by atoms with Gasteiger partial charge in [0, 0.05) is 44.5 Å². The number of carbonyl (C=O) groups is 2. The van der Waals surface area contributed by atoms with Crippen LogP contribution in [0.2, 0.25) is 0 Å². The lowest BCUT2D eigenvalue weighted by atomic mass is 10.1. The van der Waals surface area contributed by atoms with E-state index in [4.69, 9.17) is 9.90 Å². The number of hydrogen-bond acceptors (Lipinski definition) is 8. The molecule has 2 fully saturated rings. The minimum absolute atomic E-state index is 0.0753. The number of rotatable bonds is 6. The van der Waals surface area contributed by atoms with Gasteiger partial charge in [-0.3, -0.25) is 20.1 Å². The van der Waals surface area contributed by atoms with Crippen LogP contribution in [0.4, 0.5) is 19.0 Å². The highest BCUT2D eigenvalue weighted by Crippen LogP contribution is 2.33. The van der Waals surface area contributed by atoms with Crippen LogP contribution in [-0.4, -0.2) is 82.2 Å². The number of carboxylic acids is 1.